The Morgan fingerprint density at radius 2 is 2.08 bits per heavy atom. The quantitative estimate of drug-likeness (QED) is 0.752. The molecule has 2 aliphatic heterocycles. The second kappa shape index (κ2) is 5.74. The summed E-state index contributed by atoms with van der Waals surface area (Å²) in [6, 6.07) is 8.57. The number of aromatic nitrogens is 3. The molecule has 0 amide bonds. The zero-order chi connectivity index (χ0) is 16.8. The minimum atomic E-state index is 0.287. The van der Waals surface area contributed by atoms with E-state index in [9.17, 15) is 0 Å². The summed E-state index contributed by atoms with van der Waals surface area (Å²) in [5.41, 5.74) is 3.99. The van der Waals surface area contributed by atoms with Crippen LogP contribution in [0.1, 0.15) is 31.5 Å². The minimum absolute atomic E-state index is 0.287. The van der Waals surface area contributed by atoms with E-state index in [0.29, 0.717) is 12.0 Å². The van der Waals surface area contributed by atoms with E-state index >= 15 is 0 Å². The maximum atomic E-state index is 5.47. The number of aromatic amines is 1. The molecular weight excluding hydrogens is 316 g/mol. The number of fused-ring (bicyclic) bond motifs is 2. The number of H-pyrrole nitrogens is 1. The van der Waals surface area contributed by atoms with Crippen LogP contribution in [0.15, 0.2) is 30.5 Å². The first-order valence-electron chi connectivity index (χ1n) is 8.75. The van der Waals surface area contributed by atoms with Gasteiger partial charge in [0.15, 0.2) is 11.5 Å². The molecule has 128 valence electrons. The van der Waals surface area contributed by atoms with Crippen LogP contribution in [0, 0.1) is 0 Å². The van der Waals surface area contributed by atoms with Gasteiger partial charge in [-0.15, -0.1) is 0 Å². The molecule has 2 atom stereocenters. The minimum Gasteiger partial charge on any atom is -0.454 e. The Labute approximate surface area is 145 Å². The fourth-order valence-corrected chi connectivity index (χ4v) is 3.72. The normalized spacial score (nSPS) is 22.4. The summed E-state index contributed by atoms with van der Waals surface area (Å²) in [6.07, 6.45) is 4.08. The molecule has 6 nitrogen and oxygen atoms in total. The lowest BCUT2D eigenvalue weighted by Gasteiger charge is -2.26. The molecule has 4 heterocycles. The van der Waals surface area contributed by atoms with Crippen molar-refractivity contribution in [3.8, 4) is 22.8 Å². The molecule has 2 aliphatic rings. The summed E-state index contributed by atoms with van der Waals surface area (Å²) in [5, 5.41) is 3.48. The summed E-state index contributed by atoms with van der Waals surface area (Å²) in [5.74, 6) is 2.97. The fourth-order valence-electron chi connectivity index (χ4n) is 3.72. The highest BCUT2D eigenvalue weighted by molar-refractivity contribution is 5.82. The highest BCUT2D eigenvalue weighted by atomic mass is 16.7. The number of rotatable bonds is 2. The van der Waals surface area contributed by atoms with Gasteiger partial charge in [0.25, 0.3) is 0 Å². The van der Waals surface area contributed by atoms with E-state index in [1.54, 1.807) is 0 Å². The summed E-state index contributed by atoms with van der Waals surface area (Å²) in [7, 11) is 0. The van der Waals surface area contributed by atoms with E-state index in [4.69, 9.17) is 14.5 Å². The Balaban J connectivity index is 1.49. The zero-order valence-corrected chi connectivity index (χ0v) is 14.1. The predicted molar refractivity (Wildman–Crippen MR) is 94.9 cm³/mol. The smallest absolute Gasteiger partial charge is 0.231 e. The van der Waals surface area contributed by atoms with Gasteiger partial charge in [-0.3, -0.25) is 0 Å². The average Bonchev–Trinajstić information content (AvgIpc) is 3.26. The second-order valence-corrected chi connectivity index (χ2v) is 6.85. The zero-order valence-electron chi connectivity index (χ0n) is 14.1. The monoisotopic (exact) mass is 336 g/mol. The van der Waals surface area contributed by atoms with E-state index in [1.807, 2.05) is 24.4 Å². The number of piperidine rings is 1. The number of ether oxygens (including phenoxy) is 2. The topological polar surface area (TPSA) is 72.1 Å². The van der Waals surface area contributed by atoms with Gasteiger partial charge in [-0.05, 0) is 50.6 Å². The van der Waals surface area contributed by atoms with Gasteiger partial charge in [0, 0.05) is 23.2 Å². The second-order valence-electron chi connectivity index (χ2n) is 6.85. The Bertz CT molecular complexity index is 936. The molecule has 0 aliphatic carbocycles. The summed E-state index contributed by atoms with van der Waals surface area (Å²) in [4.78, 5) is 12.8. The van der Waals surface area contributed by atoms with Crippen LogP contribution in [0.2, 0.25) is 0 Å². The molecule has 0 bridgehead atoms. The van der Waals surface area contributed by atoms with Crippen molar-refractivity contribution < 1.29 is 9.47 Å². The number of hydrogen-bond acceptors (Lipinski definition) is 5. The van der Waals surface area contributed by atoms with E-state index in [-0.39, 0.29) is 6.79 Å². The van der Waals surface area contributed by atoms with Crippen LogP contribution in [0.3, 0.4) is 0 Å². The van der Waals surface area contributed by atoms with Crippen molar-refractivity contribution in [1.82, 2.24) is 20.3 Å². The molecular formula is C19H20N4O2. The number of nitrogens with zero attached hydrogens (tertiary/aromatic N) is 2. The molecule has 1 saturated heterocycles. The Kier molecular flexibility index (Phi) is 3.38. The summed E-state index contributed by atoms with van der Waals surface area (Å²) >= 11 is 0. The van der Waals surface area contributed by atoms with Gasteiger partial charge in [0.05, 0.1) is 17.2 Å². The van der Waals surface area contributed by atoms with Crippen LogP contribution in [-0.2, 0) is 0 Å². The standard InChI is InChI=1S/C19H20N4O2/c1-11-6-13(4-5-20-11)19-21-9-16-15(23-19)8-14(22-16)12-2-3-17-18(7-12)25-10-24-17/h2-3,7-9,11,13,20,22H,4-6,10H2,1H3. The maximum Gasteiger partial charge on any atom is 0.231 e. The third-order valence-electron chi connectivity index (χ3n) is 5.06. The molecule has 6 heteroatoms. The molecule has 1 fully saturated rings. The van der Waals surface area contributed by atoms with Gasteiger partial charge < -0.3 is 19.8 Å². The van der Waals surface area contributed by atoms with Crippen LogP contribution in [0.4, 0.5) is 0 Å². The van der Waals surface area contributed by atoms with Crippen molar-refractivity contribution in [2.24, 2.45) is 0 Å². The number of nitrogens with one attached hydrogen (secondary N) is 2. The van der Waals surface area contributed by atoms with Crippen molar-refractivity contribution in [3.63, 3.8) is 0 Å². The maximum absolute atomic E-state index is 5.47. The van der Waals surface area contributed by atoms with Crippen molar-refractivity contribution in [2.45, 2.75) is 31.7 Å². The highest BCUT2D eigenvalue weighted by Crippen LogP contribution is 2.36. The fraction of sp³-hybridized carbons (Fsp3) is 0.368. The van der Waals surface area contributed by atoms with Crippen molar-refractivity contribution >= 4 is 11.0 Å². The first-order valence-corrected chi connectivity index (χ1v) is 8.75. The Hall–Kier alpha value is -2.60. The van der Waals surface area contributed by atoms with Crippen LogP contribution in [0.5, 0.6) is 11.5 Å². The van der Waals surface area contributed by atoms with Crippen LogP contribution in [-0.4, -0.2) is 34.3 Å². The number of hydrogen-bond donors (Lipinski definition) is 2. The van der Waals surface area contributed by atoms with Crippen molar-refractivity contribution in [3.05, 3.63) is 36.3 Å². The Morgan fingerprint density at radius 1 is 1.16 bits per heavy atom. The molecule has 25 heavy (non-hydrogen) atoms. The third kappa shape index (κ3) is 2.62. The summed E-state index contributed by atoms with van der Waals surface area (Å²) in [6.45, 7) is 3.54. The highest BCUT2D eigenvalue weighted by Gasteiger charge is 2.22. The van der Waals surface area contributed by atoms with E-state index in [1.165, 1.54) is 0 Å². The van der Waals surface area contributed by atoms with Gasteiger partial charge in [0.1, 0.15) is 5.82 Å². The van der Waals surface area contributed by atoms with E-state index < -0.39 is 0 Å². The van der Waals surface area contributed by atoms with E-state index in [2.05, 4.69) is 28.3 Å². The lowest BCUT2D eigenvalue weighted by atomic mass is 9.92. The third-order valence-corrected chi connectivity index (χ3v) is 5.06. The first-order chi connectivity index (χ1) is 12.3. The predicted octanol–water partition coefficient (Wildman–Crippen LogP) is 3.21. The molecule has 0 saturated carbocycles. The molecule has 1 aromatic carbocycles. The SMILES string of the molecule is CC1CC(c2ncc3[nH]c(-c4ccc5c(c4)OCO5)cc3n2)CCN1. The average molecular weight is 336 g/mol. The van der Waals surface area contributed by atoms with Crippen molar-refractivity contribution in [2.75, 3.05) is 13.3 Å². The van der Waals surface area contributed by atoms with Gasteiger partial charge in [-0.1, -0.05) is 0 Å². The van der Waals surface area contributed by atoms with Crippen LogP contribution < -0.4 is 14.8 Å². The van der Waals surface area contributed by atoms with E-state index in [0.717, 1.165) is 59.0 Å². The van der Waals surface area contributed by atoms with Gasteiger partial charge in [0.2, 0.25) is 6.79 Å². The van der Waals surface area contributed by atoms with Gasteiger partial charge >= 0.3 is 0 Å². The molecule has 3 aromatic rings. The molecule has 5 rings (SSSR count). The van der Waals surface area contributed by atoms with Crippen LogP contribution >= 0.6 is 0 Å². The molecule has 2 N–H and O–H groups in total. The van der Waals surface area contributed by atoms with Gasteiger partial charge in [-0.2, -0.15) is 0 Å². The van der Waals surface area contributed by atoms with Crippen molar-refractivity contribution in [1.29, 1.82) is 0 Å². The lowest BCUT2D eigenvalue weighted by Crippen LogP contribution is -2.35. The lowest BCUT2D eigenvalue weighted by molar-refractivity contribution is 0.174. The van der Waals surface area contributed by atoms with Crippen LogP contribution in [0.25, 0.3) is 22.3 Å². The largest absolute Gasteiger partial charge is 0.454 e. The molecule has 2 unspecified atom stereocenters. The molecule has 0 radical (unpaired) electrons. The first kappa shape index (κ1) is 14.7. The summed E-state index contributed by atoms with van der Waals surface area (Å²) < 4.78 is 10.9. The molecule has 0 spiro atoms. The molecule has 2 aromatic heterocycles. The Morgan fingerprint density at radius 3 is 3.00 bits per heavy atom. The number of benzene rings is 1. The van der Waals surface area contributed by atoms with Gasteiger partial charge in [-0.25, -0.2) is 9.97 Å².